The molecule has 1 aromatic carbocycles. The van der Waals surface area contributed by atoms with Crippen LogP contribution in [0.3, 0.4) is 0 Å². The largest absolute Gasteiger partial charge is 0.385 e. The van der Waals surface area contributed by atoms with Gasteiger partial charge in [0, 0.05) is 38.3 Å². The maximum Gasteiger partial charge on any atom is 0.207 e. The molecule has 2 rings (SSSR count). The van der Waals surface area contributed by atoms with Crippen molar-refractivity contribution < 1.29 is 9.13 Å². The van der Waals surface area contributed by atoms with Crippen molar-refractivity contribution in [1.29, 1.82) is 0 Å². The van der Waals surface area contributed by atoms with E-state index in [0.717, 1.165) is 13.0 Å². The van der Waals surface area contributed by atoms with E-state index in [4.69, 9.17) is 4.74 Å². The number of rotatable bonds is 6. The zero-order chi connectivity index (χ0) is 12.8. The van der Waals surface area contributed by atoms with Gasteiger partial charge >= 0.3 is 0 Å². The number of hydrogen-bond acceptors (Lipinski definition) is 3. The Bertz CT molecular complexity index is 498. The molecule has 0 radical (unpaired) electrons. The van der Waals surface area contributed by atoms with E-state index < -0.39 is 0 Å². The van der Waals surface area contributed by atoms with Gasteiger partial charge in [0.2, 0.25) is 5.95 Å². The molecule has 0 aliphatic heterocycles. The Kier molecular flexibility index (Phi) is 4.30. The van der Waals surface area contributed by atoms with E-state index in [1.165, 1.54) is 12.1 Å². The van der Waals surface area contributed by atoms with E-state index in [-0.39, 0.29) is 5.82 Å². The molecule has 5 heteroatoms. The Balaban J connectivity index is 2.03. The molecule has 4 nitrogen and oxygen atoms in total. The summed E-state index contributed by atoms with van der Waals surface area (Å²) < 4.78 is 20.0. The highest BCUT2D eigenvalue weighted by molar-refractivity contribution is 5.53. The molecule has 2 aromatic rings. The number of nitrogens with zero attached hydrogens (tertiary/aromatic N) is 2. The summed E-state index contributed by atoms with van der Waals surface area (Å²) in [5, 5.41) is 3.09. The van der Waals surface area contributed by atoms with Gasteiger partial charge in [0.05, 0.1) is 0 Å². The average molecular weight is 249 g/mol. The fourth-order valence-corrected chi connectivity index (χ4v) is 1.69. The van der Waals surface area contributed by atoms with Gasteiger partial charge in [-0.3, -0.25) is 0 Å². The summed E-state index contributed by atoms with van der Waals surface area (Å²) in [4.78, 5) is 4.21. The molecule has 0 bridgehead atoms. The maximum atomic E-state index is 13.1. The maximum absolute atomic E-state index is 13.1. The second-order valence-corrected chi connectivity index (χ2v) is 3.93. The lowest BCUT2D eigenvalue weighted by Crippen LogP contribution is -2.05. The number of anilines is 2. The first kappa shape index (κ1) is 12.6. The molecule has 0 aliphatic rings. The molecule has 0 aliphatic carbocycles. The summed E-state index contributed by atoms with van der Waals surface area (Å²) in [6.45, 7) is 1.52. The van der Waals surface area contributed by atoms with Crippen LogP contribution >= 0.6 is 0 Å². The Morgan fingerprint density at radius 1 is 1.44 bits per heavy atom. The zero-order valence-corrected chi connectivity index (χ0v) is 10.3. The lowest BCUT2D eigenvalue weighted by Gasteiger charge is -2.09. The van der Waals surface area contributed by atoms with Crippen molar-refractivity contribution in [2.75, 3.05) is 19.0 Å². The second kappa shape index (κ2) is 6.16. The van der Waals surface area contributed by atoms with Crippen molar-refractivity contribution in [3.8, 4) is 0 Å². The smallest absolute Gasteiger partial charge is 0.207 e. The molecule has 0 atom stereocenters. The molecule has 96 valence electrons. The number of benzene rings is 1. The molecule has 1 aromatic heterocycles. The van der Waals surface area contributed by atoms with Crippen LogP contribution in [0.25, 0.3) is 0 Å². The molecule has 0 fully saturated rings. The van der Waals surface area contributed by atoms with E-state index in [1.54, 1.807) is 25.4 Å². The van der Waals surface area contributed by atoms with Crippen molar-refractivity contribution in [3.63, 3.8) is 0 Å². The van der Waals surface area contributed by atoms with Crippen LogP contribution in [0.2, 0.25) is 0 Å². The SMILES string of the molecule is COCCCn1ccnc1Nc1cccc(F)c1. The van der Waals surface area contributed by atoms with Gasteiger partial charge in [0.15, 0.2) is 0 Å². The van der Waals surface area contributed by atoms with Crippen LogP contribution in [-0.2, 0) is 11.3 Å². The van der Waals surface area contributed by atoms with Crippen LogP contribution < -0.4 is 5.32 Å². The van der Waals surface area contributed by atoms with E-state index in [0.29, 0.717) is 18.2 Å². The van der Waals surface area contributed by atoms with Crippen LogP contribution in [0.15, 0.2) is 36.7 Å². The highest BCUT2D eigenvalue weighted by Gasteiger charge is 2.03. The van der Waals surface area contributed by atoms with E-state index in [2.05, 4.69) is 10.3 Å². The molecule has 1 heterocycles. The summed E-state index contributed by atoms with van der Waals surface area (Å²) in [6, 6.07) is 6.32. The Hall–Kier alpha value is -1.88. The summed E-state index contributed by atoms with van der Waals surface area (Å²) in [5.74, 6) is 0.439. The van der Waals surface area contributed by atoms with Gasteiger partial charge in [0.1, 0.15) is 5.82 Å². The normalized spacial score (nSPS) is 10.6. The van der Waals surface area contributed by atoms with Crippen LogP contribution in [0.1, 0.15) is 6.42 Å². The van der Waals surface area contributed by atoms with E-state index in [1.807, 2.05) is 10.8 Å². The van der Waals surface area contributed by atoms with Gasteiger partial charge in [-0.2, -0.15) is 0 Å². The summed E-state index contributed by atoms with van der Waals surface area (Å²) in [7, 11) is 1.68. The van der Waals surface area contributed by atoms with Crippen molar-refractivity contribution in [2.24, 2.45) is 0 Å². The minimum Gasteiger partial charge on any atom is -0.385 e. The van der Waals surface area contributed by atoms with Gasteiger partial charge in [0.25, 0.3) is 0 Å². The predicted octanol–water partition coefficient (Wildman–Crippen LogP) is 2.80. The second-order valence-electron chi connectivity index (χ2n) is 3.93. The zero-order valence-electron chi connectivity index (χ0n) is 10.3. The Morgan fingerprint density at radius 2 is 2.33 bits per heavy atom. The van der Waals surface area contributed by atoms with Gasteiger partial charge in [-0.15, -0.1) is 0 Å². The molecule has 0 amide bonds. The third kappa shape index (κ3) is 3.30. The fourth-order valence-electron chi connectivity index (χ4n) is 1.69. The molecular weight excluding hydrogens is 233 g/mol. The first-order chi connectivity index (χ1) is 8.79. The van der Waals surface area contributed by atoms with E-state index >= 15 is 0 Å². The minimum atomic E-state index is -0.266. The van der Waals surface area contributed by atoms with Crippen molar-refractivity contribution in [2.45, 2.75) is 13.0 Å². The quantitative estimate of drug-likeness (QED) is 0.800. The third-order valence-corrected chi connectivity index (χ3v) is 2.54. The first-order valence-electron chi connectivity index (χ1n) is 5.82. The van der Waals surface area contributed by atoms with Crippen molar-refractivity contribution >= 4 is 11.6 Å². The molecule has 0 saturated carbocycles. The molecule has 18 heavy (non-hydrogen) atoms. The molecular formula is C13H16FN3O. The summed E-state index contributed by atoms with van der Waals surface area (Å²) >= 11 is 0. The number of methoxy groups -OCH3 is 1. The third-order valence-electron chi connectivity index (χ3n) is 2.54. The number of imidazole rings is 1. The van der Waals surface area contributed by atoms with Gasteiger partial charge in [-0.05, 0) is 24.6 Å². The highest BCUT2D eigenvalue weighted by Crippen LogP contribution is 2.16. The van der Waals surface area contributed by atoms with Crippen LogP contribution in [0.5, 0.6) is 0 Å². The van der Waals surface area contributed by atoms with Gasteiger partial charge < -0.3 is 14.6 Å². The molecule has 0 spiro atoms. The average Bonchev–Trinajstić information content (AvgIpc) is 2.77. The predicted molar refractivity (Wildman–Crippen MR) is 68.4 cm³/mol. The van der Waals surface area contributed by atoms with Crippen LogP contribution in [-0.4, -0.2) is 23.3 Å². The van der Waals surface area contributed by atoms with E-state index in [9.17, 15) is 4.39 Å². The minimum absolute atomic E-state index is 0.266. The Morgan fingerprint density at radius 3 is 3.11 bits per heavy atom. The van der Waals surface area contributed by atoms with Crippen molar-refractivity contribution in [3.05, 3.63) is 42.5 Å². The van der Waals surface area contributed by atoms with Crippen LogP contribution in [0.4, 0.5) is 16.0 Å². The number of halogens is 1. The lowest BCUT2D eigenvalue weighted by molar-refractivity contribution is 0.190. The monoisotopic (exact) mass is 249 g/mol. The molecule has 1 N–H and O–H groups in total. The fraction of sp³-hybridized carbons (Fsp3) is 0.308. The number of hydrogen-bond donors (Lipinski definition) is 1. The molecule has 0 saturated heterocycles. The number of ether oxygens (including phenoxy) is 1. The van der Waals surface area contributed by atoms with Gasteiger partial charge in [-0.25, -0.2) is 9.37 Å². The summed E-state index contributed by atoms with van der Waals surface area (Å²) in [5.41, 5.74) is 0.689. The molecule has 0 unspecified atom stereocenters. The number of aryl methyl sites for hydroxylation is 1. The van der Waals surface area contributed by atoms with Crippen molar-refractivity contribution in [1.82, 2.24) is 9.55 Å². The van der Waals surface area contributed by atoms with Gasteiger partial charge in [-0.1, -0.05) is 6.07 Å². The topological polar surface area (TPSA) is 39.1 Å². The number of nitrogens with one attached hydrogen (secondary N) is 1. The first-order valence-corrected chi connectivity index (χ1v) is 5.82. The highest BCUT2D eigenvalue weighted by atomic mass is 19.1. The standard InChI is InChI=1S/C13H16FN3O/c1-18-9-3-7-17-8-6-15-13(17)16-12-5-2-4-11(14)10-12/h2,4-6,8,10H,3,7,9H2,1H3,(H,15,16). The number of aromatic nitrogens is 2. The summed E-state index contributed by atoms with van der Waals surface area (Å²) in [6.07, 6.45) is 4.51. The lowest BCUT2D eigenvalue weighted by atomic mass is 10.3. The Labute approximate surface area is 105 Å². The van der Waals surface area contributed by atoms with Crippen LogP contribution in [0, 0.1) is 5.82 Å².